The van der Waals surface area contributed by atoms with Gasteiger partial charge in [-0.05, 0) is 225 Å². The Morgan fingerprint density at radius 1 is 0.400 bits per heavy atom. The molecule has 0 bridgehead atoms. The number of carbonyl (C=O) groups is 3. The Kier molecular flexibility index (Phi) is 53.4. The topological polar surface area (TPSA) is 476 Å². The molecule has 804 valence electrons. The Bertz CT molecular complexity index is 6490. The fourth-order valence-electron chi connectivity index (χ4n) is 12.0. The molecule has 0 aliphatic carbocycles. The van der Waals surface area contributed by atoms with E-state index in [4.69, 9.17) is 137 Å². The van der Waals surface area contributed by atoms with Crippen LogP contribution in [0.2, 0.25) is 20.1 Å². The van der Waals surface area contributed by atoms with Gasteiger partial charge in [0.15, 0.2) is 12.7 Å². The Hall–Kier alpha value is -13.4. The number of nitro groups is 1. The summed E-state index contributed by atoms with van der Waals surface area (Å²) in [5, 5.41) is 41.6. The minimum absolute atomic E-state index is 0.0693. The number of allylic oxidation sites excluding steroid dienone is 2. The standard InChI is InChI=1S/C28H32ClN4O7P.C25H25ClF3N2O6P.C17H22NO5P.C14H21ClNO4P.C13H12O2.C6H4ClNO3/c1-4-38-41(36,39-5-2)17-7-6-16-37-26-18-21(10-13-24(26)29)33-28(35)32-20-8-11-22(12-9-20)40-23-14-15-31-25(19-23)27(34)30-3;1-3-35-38(33,36-4-2)16-34-20-6-5-7-21(15-20)37-19-11-8-17(9-12-19)30-24(32)31-18-10-13-23(26)22(14-18)25(27,28)29;1-3-21-24(19,22-4-2)13-20-16-6-5-7-17(12-16)23-15-10-8-14(18)9-11-15;1-3-19-21(17,20-4-2)10-6-5-9-18-14-11-12(16)7-8-13(14)15;14-12-7-4-8-13(9-12)15-10-11-5-2-1-3-6-11;7-5-2-1-4(8(10)11)3-6(5)9/h6-15,18-19H,4-5,16-17H2,1-3H3,(H,30,34)(H2,32,33,35);5-15H,3-4,16H2,1-2H3,(H2,30,31,32);5-12H,3-4,13,18H2,1-2H3;5-8,11H,3-4,9-10,16H2,1-2H3;1-9,14H,10H2;1-3,9H/b7-6+;;;6-5+;;. The van der Waals surface area contributed by atoms with Crippen LogP contribution < -0.4 is 75.9 Å². The number of benzene rings is 11. The second-order valence-corrected chi connectivity index (χ2v) is 39.8. The first-order valence-corrected chi connectivity index (χ1v) is 54.5. The number of halogens is 7. The average Bonchev–Trinajstić information content (AvgIpc) is 0.819. The summed E-state index contributed by atoms with van der Waals surface area (Å²) < 4.78 is 175. The van der Waals surface area contributed by atoms with Crippen molar-refractivity contribution in [3.8, 4) is 74.7 Å². The van der Waals surface area contributed by atoms with Crippen LogP contribution in [0.5, 0.6) is 74.7 Å². The number of hydrogen-bond donors (Lipinski definition) is 9. The Morgan fingerprint density at radius 2 is 0.787 bits per heavy atom. The van der Waals surface area contributed by atoms with E-state index in [9.17, 15) is 61.0 Å². The third kappa shape index (κ3) is 46.4. The molecule has 0 aliphatic rings. The maximum Gasteiger partial charge on any atom is 0.417 e. The number of carbonyl (C=O) groups excluding carboxylic acids is 3. The van der Waals surface area contributed by atoms with Crippen LogP contribution >= 0.6 is 76.8 Å². The van der Waals surface area contributed by atoms with Crippen LogP contribution in [-0.2, 0) is 67.2 Å². The average molecular weight is 2230 g/mol. The highest BCUT2D eigenvalue weighted by atomic mass is 35.5. The maximum atomic E-state index is 13.0. The number of alkyl halides is 3. The summed E-state index contributed by atoms with van der Waals surface area (Å²) in [4.78, 5) is 50.1. The van der Waals surface area contributed by atoms with Crippen LogP contribution in [0.4, 0.5) is 62.6 Å². The number of pyridine rings is 1. The van der Waals surface area contributed by atoms with Gasteiger partial charge in [0.25, 0.3) is 11.6 Å². The van der Waals surface area contributed by atoms with Gasteiger partial charge in [0, 0.05) is 89.8 Å². The Balaban J connectivity index is 0.000000256. The zero-order chi connectivity index (χ0) is 110. The molecular formula is C103H116Cl4F3N9O27P4. The van der Waals surface area contributed by atoms with Crippen molar-refractivity contribution >= 4 is 135 Å². The minimum Gasteiger partial charge on any atom is -0.508 e. The molecule has 0 radical (unpaired) electrons. The van der Waals surface area contributed by atoms with Gasteiger partial charge >= 0.3 is 48.6 Å². The molecule has 11 N–H and O–H groups in total. The number of aromatic hydroxyl groups is 2. The molecule has 0 fully saturated rings. The molecule has 1 aromatic heterocycles. The summed E-state index contributed by atoms with van der Waals surface area (Å²) in [5.41, 5.74) is 14.0. The first kappa shape index (κ1) is 124. The number of anilines is 6. The molecule has 0 saturated carbocycles. The smallest absolute Gasteiger partial charge is 0.417 e. The number of rotatable bonds is 47. The quantitative estimate of drug-likeness (QED) is 0.00562. The number of nitrogens with two attached hydrogens (primary N) is 2. The molecule has 5 amide bonds. The number of non-ortho nitro benzene ring substituents is 1. The number of hydrogen-bond acceptors (Lipinski definition) is 30. The predicted molar refractivity (Wildman–Crippen MR) is 576 cm³/mol. The number of nitrogen functional groups attached to an aromatic ring is 2. The van der Waals surface area contributed by atoms with Gasteiger partial charge in [-0.25, -0.2) is 9.59 Å². The van der Waals surface area contributed by atoms with Crippen molar-refractivity contribution < 1.29 is 135 Å². The monoisotopic (exact) mass is 2230 g/mol. The number of nitrogens with one attached hydrogen (secondary N) is 5. The van der Waals surface area contributed by atoms with E-state index in [0.29, 0.717) is 155 Å². The maximum absolute atomic E-state index is 13.0. The number of phenols is 2. The molecule has 11 aromatic carbocycles. The van der Waals surface area contributed by atoms with Crippen LogP contribution in [0.3, 0.4) is 0 Å². The van der Waals surface area contributed by atoms with Crippen LogP contribution in [-0.4, -0.2) is 136 Å². The number of phenolic OH excluding ortho intramolecular Hbond substituents is 2. The molecule has 0 atom stereocenters. The van der Waals surface area contributed by atoms with E-state index in [1.807, 2.05) is 36.4 Å². The van der Waals surface area contributed by atoms with Crippen molar-refractivity contribution in [2.45, 2.75) is 68.2 Å². The number of ether oxygens (including phenoxy) is 8. The van der Waals surface area contributed by atoms with E-state index in [0.717, 1.165) is 23.8 Å². The summed E-state index contributed by atoms with van der Waals surface area (Å²) in [6, 6.07) is 68.9. The van der Waals surface area contributed by atoms with Gasteiger partial charge in [-0.2, -0.15) is 13.2 Å². The molecule has 150 heavy (non-hydrogen) atoms. The summed E-state index contributed by atoms with van der Waals surface area (Å²) in [6.45, 7) is 17.3. The zero-order valence-corrected chi connectivity index (χ0v) is 89.5. The zero-order valence-electron chi connectivity index (χ0n) is 82.9. The number of aromatic nitrogens is 1. The summed E-state index contributed by atoms with van der Waals surface area (Å²) in [5.74, 6) is 5.19. The SMILES string of the molecule is CCOP(=O)(C/C=C/COc1cc(N)ccc1Cl)OCC.CCOP(=O)(C/C=C/COc1cc(NC(=O)Nc2ccc(Oc3ccnc(C(=O)NC)c3)cc2)ccc1Cl)OCC.CCOP(=O)(COc1cccc(Oc2ccc(N)cc2)c1)OCC.CCOP(=O)(COc1cccc(Oc2ccc(NC(=O)Nc3ccc(Cl)c(C(F)(F)F)c3)cc2)c1)OCC.O=[N+]([O-])c1ccc(Cl)c(O)c1.Oc1cccc(OCc2ccccc2)c1. The van der Waals surface area contributed by atoms with E-state index in [1.54, 1.807) is 262 Å². The van der Waals surface area contributed by atoms with Gasteiger partial charge in [-0.3, -0.25) is 38.2 Å². The number of amides is 5. The van der Waals surface area contributed by atoms with Crippen molar-refractivity contribution in [3.63, 3.8) is 0 Å². The number of urea groups is 2. The lowest BCUT2D eigenvalue weighted by Gasteiger charge is -2.17. The highest BCUT2D eigenvalue weighted by molar-refractivity contribution is 7.54. The molecular weight excluding hydrogens is 2120 g/mol. The molecule has 0 spiro atoms. The van der Waals surface area contributed by atoms with E-state index >= 15 is 0 Å². The van der Waals surface area contributed by atoms with Crippen LogP contribution in [0.15, 0.2) is 291 Å². The fraction of sp³-hybridized carbons (Fsp3) is 0.243. The summed E-state index contributed by atoms with van der Waals surface area (Å²) in [7, 11) is -11.3. The van der Waals surface area contributed by atoms with Gasteiger partial charge in [-0.1, -0.05) is 119 Å². The third-order valence-electron chi connectivity index (χ3n) is 18.5. The van der Waals surface area contributed by atoms with Gasteiger partial charge in [0.1, 0.15) is 100 Å². The fourth-order valence-corrected chi connectivity index (χ4v) is 18.3. The molecule has 0 unspecified atom stereocenters. The van der Waals surface area contributed by atoms with Crippen LogP contribution in [0, 0.1) is 10.1 Å². The second kappa shape index (κ2) is 64.9. The lowest BCUT2D eigenvalue weighted by molar-refractivity contribution is -0.384. The summed E-state index contributed by atoms with van der Waals surface area (Å²) in [6.07, 6.45) is 3.58. The van der Waals surface area contributed by atoms with Crippen LogP contribution in [0.1, 0.15) is 77.0 Å². The largest absolute Gasteiger partial charge is 0.508 e. The minimum atomic E-state index is -4.65. The van der Waals surface area contributed by atoms with Crippen molar-refractivity contribution in [2.24, 2.45) is 0 Å². The van der Waals surface area contributed by atoms with Gasteiger partial charge < -0.3 is 122 Å². The summed E-state index contributed by atoms with van der Waals surface area (Å²) >= 11 is 23.2. The normalized spacial score (nSPS) is 11.2. The third-order valence-corrected chi connectivity index (χ3v) is 27.2. The first-order chi connectivity index (χ1) is 71.8. The van der Waals surface area contributed by atoms with E-state index in [-0.39, 0.29) is 84.3 Å². The predicted octanol–water partition coefficient (Wildman–Crippen LogP) is 28.8. The molecule has 12 aromatic rings. The van der Waals surface area contributed by atoms with Gasteiger partial charge in [-0.15, -0.1) is 0 Å². The molecule has 1 heterocycles. The Morgan fingerprint density at radius 3 is 1.23 bits per heavy atom. The molecule has 12 rings (SSSR count). The highest BCUT2D eigenvalue weighted by Gasteiger charge is 2.34. The molecule has 36 nitrogen and oxygen atoms in total. The van der Waals surface area contributed by atoms with Gasteiger partial charge in [0.2, 0.25) is 0 Å². The first-order valence-electron chi connectivity index (χ1n) is 46.0. The van der Waals surface area contributed by atoms with Crippen molar-refractivity contribution in [3.05, 3.63) is 338 Å². The molecule has 0 saturated heterocycles. The lowest BCUT2D eigenvalue weighted by Crippen LogP contribution is -2.19. The molecule has 47 heteroatoms. The lowest BCUT2D eigenvalue weighted by atomic mass is 10.2. The van der Waals surface area contributed by atoms with Crippen molar-refractivity contribution in [1.29, 1.82) is 0 Å². The molecule has 0 aliphatic heterocycles. The van der Waals surface area contributed by atoms with E-state index in [2.05, 4.69) is 31.6 Å². The van der Waals surface area contributed by atoms with Crippen molar-refractivity contribution in [1.82, 2.24) is 10.3 Å². The number of nitro benzene ring substituents is 1. The van der Waals surface area contributed by atoms with E-state index in [1.165, 1.54) is 37.5 Å². The second-order valence-electron chi connectivity index (χ2n) is 29.9. The Labute approximate surface area is 886 Å². The van der Waals surface area contributed by atoms with Crippen molar-refractivity contribution in [2.75, 3.05) is 131 Å². The highest BCUT2D eigenvalue weighted by Crippen LogP contribution is 2.52. The van der Waals surface area contributed by atoms with Crippen LogP contribution in [0.25, 0.3) is 0 Å². The number of nitrogens with zero attached hydrogens (tertiary/aromatic N) is 2. The van der Waals surface area contributed by atoms with E-state index < -0.39 is 64.1 Å². The van der Waals surface area contributed by atoms with Gasteiger partial charge in [0.05, 0.1) is 102 Å².